The van der Waals surface area contributed by atoms with Gasteiger partial charge in [0.2, 0.25) is 5.91 Å². The SMILES string of the molecule is C[C@H](C(=O)Nc1cccc([N+](=O)[O-])c1)N(C)Cc1ccccc1N1CCCCC1. The van der Waals surface area contributed by atoms with Crippen LogP contribution in [0.1, 0.15) is 31.7 Å². The van der Waals surface area contributed by atoms with Gasteiger partial charge in [0, 0.05) is 43.1 Å². The van der Waals surface area contributed by atoms with E-state index >= 15 is 0 Å². The summed E-state index contributed by atoms with van der Waals surface area (Å²) < 4.78 is 0. The average molecular weight is 396 g/mol. The molecule has 1 amide bonds. The Morgan fingerprint density at radius 1 is 1.17 bits per heavy atom. The van der Waals surface area contributed by atoms with Gasteiger partial charge in [-0.05, 0) is 50.9 Å². The number of likely N-dealkylation sites (N-methyl/N-ethyl adjacent to an activating group) is 1. The van der Waals surface area contributed by atoms with Gasteiger partial charge in [-0.2, -0.15) is 0 Å². The van der Waals surface area contributed by atoms with Crippen LogP contribution in [0, 0.1) is 10.1 Å². The van der Waals surface area contributed by atoms with Gasteiger partial charge >= 0.3 is 0 Å². The van der Waals surface area contributed by atoms with E-state index in [4.69, 9.17) is 0 Å². The van der Waals surface area contributed by atoms with E-state index in [0.717, 1.165) is 13.1 Å². The highest BCUT2D eigenvalue weighted by Gasteiger charge is 2.21. The van der Waals surface area contributed by atoms with Crippen LogP contribution in [0.5, 0.6) is 0 Å². The summed E-state index contributed by atoms with van der Waals surface area (Å²) in [5, 5.41) is 13.7. The van der Waals surface area contributed by atoms with Crippen molar-refractivity contribution in [3.05, 3.63) is 64.2 Å². The van der Waals surface area contributed by atoms with Gasteiger partial charge in [0.15, 0.2) is 0 Å². The number of hydrogen-bond acceptors (Lipinski definition) is 5. The molecule has 1 fully saturated rings. The maximum atomic E-state index is 12.7. The predicted molar refractivity (Wildman–Crippen MR) is 115 cm³/mol. The molecule has 1 atom stereocenters. The third-order valence-electron chi connectivity index (χ3n) is 5.47. The van der Waals surface area contributed by atoms with Gasteiger partial charge in [0.25, 0.3) is 5.69 Å². The van der Waals surface area contributed by atoms with Gasteiger partial charge in [-0.1, -0.05) is 24.3 Å². The van der Waals surface area contributed by atoms with Crippen molar-refractivity contribution in [1.29, 1.82) is 0 Å². The largest absolute Gasteiger partial charge is 0.371 e. The van der Waals surface area contributed by atoms with Crippen molar-refractivity contribution in [3.63, 3.8) is 0 Å². The molecule has 29 heavy (non-hydrogen) atoms. The third kappa shape index (κ3) is 5.32. The minimum atomic E-state index is -0.470. The molecule has 1 N–H and O–H groups in total. The van der Waals surface area contributed by atoms with Crippen LogP contribution in [0.15, 0.2) is 48.5 Å². The van der Waals surface area contributed by atoms with Crippen molar-refractivity contribution in [2.45, 2.75) is 38.8 Å². The van der Waals surface area contributed by atoms with E-state index in [1.54, 1.807) is 12.1 Å². The van der Waals surface area contributed by atoms with Crippen LogP contribution in [0.2, 0.25) is 0 Å². The molecule has 1 aliphatic heterocycles. The fourth-order valence-corrected chi connectivity index (χ4v) is 3.64. The summed E-state index contributed by atoms with van der Waals surface area (Å²) in [6, 6.07) is 14.0. The summed E-state index contributed by atoms with van der Waals surface area (Å²) >= 11 is 0. The molecule has 2 aromatic carbocycles. The van der Waals surface area contributed by atoms with Crippen LogP contribution in [0.3, 0.4) is 0 Å². The molecule has 3 rings (SSSR count). The summed E-state index contributed by atoms with van der Waals surface area (Å²) in [7, 11) is 1.92. The zero-order valence-electron chi connectivity index (χ0n) is 17.0. The second kappa shape index (κ2) is 9.52. The fraction of sp³-hybridized carbons (Fsp3) is 0.409. The molecule has 2 aromatic rings. The first-order valence-electron chi connectivity index (χ1n) is 10.0. The summed E-state index contributed by atoms with van der Waals surface area (Å²) in [5.74, 6) is -0.191. The number of para-hydroxylation sites is 1. The Kier molecular flexibility index (Phi) is 6.82. The van der Waals surface area contributed by atoms with Gasteiger partial charge in [-0.15, -0.1) is 0 Å². The van der Waals surface area contributed by atoms with E-state index in [9.17, 15) is 14.9 Å². The number of rotatable bonds is 7. The maximum absolute atomic E-state index is 12.7. The zero-order valence-corrected chi connectivity index (χ0v) is 17.0. The lowest BCUT2D eigenvalue weighted by Crippen LogP contribution is -2.39. The molecular weight excluding hydrogens is 368 g/mol. The average Bonchev–Trinajstić information content (AvgIpc) is 2.74. The van der Waals surface area contributed by atoms with E-state index in [2.05, 4.69) is 28.4 Å². The Balaban J connectivity index is 1.66. The first kappa shape index (κ1) is 20.8. The van der Waals surface area contributed by atoms with Crippen molar-refractivity contribution in [1.82, 2.24) is 4.90 Å². The number of benzene rings is 2. The number of carbonyl (C=O) groups excluding carboxylic acids is 1. The zero-order chi connectivity index (χ0) is 20.8. The number of nitrogens with one attached hydrogen (secondary N) is 1. The highest BCUT2D eigenvalue weighted by molar-refractivity contribution is 5.94. The fourth-order valence-electron chi connectivity index (χ4n) is 3.64. The molecule has 7 nitrogen and oxygen atoms in total. The van der Waals surface area contributed by atoms with E-state index in [-0.39, 0.29) is 17.6 Å². The number of nitro groups is 1. The molecule has 0 radical (unpaired) electrons. The maximum Gasteiger partial charge on any atom is 0.271 e. The highest BCUT2D eigenvalue weighted by Crippen LogP contribution is 2.25. The molecule has 1 saturated heterocycles. The number of hydrogen-bond donors (Lipinski definition) is 1. The molecule has 1 heterocycles. The first-order chi connectivity index (χ1) is 14.0. The van der Waals surface area contributed by atoms with Crippen molar-refractivity contribution >= 4 is 23.0 Å². The molecular formula is C22H28N4O3. The van der Waals surface area contributed by atoms with Crippen LogP contribution in [0.25, 0.3) is 0 Å². The number of non-ortho nitro benzene ring substituents is 1. The van der Waals surface area contributed by atoms with Gasteiger partial charge in [0.05, 0.1) is 11.0 Å². The van der Waals surface area contributed by atoms with Crippen molar-refractivity contribution in [2.24, 2.45) is 0 Å². The van der Waals surface area contributed by atoms with Gasteiger partial charge in [-0.25, -0.2) is 0 Å². The Morgan fingerprint density at radius 2 is 1.90 bits per heavy atom. The van der Waals surface area contributed by atoms with E-state index in [1.165, 1.54) is 42.6 Å². The molecule has 0 spiro atoms. The lowest BCUT2D eigenvalue weighted by atomic mass is 10.1. The minimum Gasteiger partial charge on any atom is -0.371 e. The quantitative estimate of drug-likeness (QED) is 0.564. The van der Waals surface area contributed by atoms with E-state index in [1.807, 2.05) is 24.9 Å². The molecule has 0 unspecified atom stereocenters. The molecule has 1 aliphatic rings. The molecule has 0 saturated carbocycles. The normalized spacial score (nSPS) is 15.2. The van der Waals surface area contributed by atoms with Crippen molar-refractivity contribution in [3.8, 4) is 0 Å². The van der Waals surface area contributed by atoms with Crippen LogP contribution in [-0.4, -0.2) is 41.9 Å². The number of piperidine rings is 1. The molecule has 0 bridgehead atoms. The molecule has 154 valence electrons. The van der Waals surface area contributed by atoms with Crippen LogP contribution >= 0.6 is 0 Å². The second-order valence-electron chi connectivity index (χ2n) is 7.56. The van der Waals surface area contributed by atoms with Gasteiger partial charge in [-0.3, -0.25) is 19.8 Å². The monoisotopic (exact) mass is 396 g/mol. The predicted octanol–water partition coefficient (Wildman–Crippen LogP) is 4.04. The summed E-state index contributed by atoms with van der Waals surface area (Å²) in [6.45, 7) is 4.64. The number of nitrogens with zero attached hydrogens (tertiary/aromatic N) is 3. The Hall–Kier alpha value is -2.93. The lowest BCUT2D eigenvalue weighted by Gasteiger charge is -2.32. The van der Waals surface area contributed by atoms with Gasteiger partial charge < -0.3 is 10.2 Å². The molecule has 0 aromatic heterocycles. The first-order valence-corrected chi connectivity index (χ1v) is 10.0. The van der Waals surface area contributed by atoms with Crippen LogP contribution < -0.4 is 10.2 Å². The molecule has 0 aliphatic carbocycles. The minimum absolute atomic E-state index is 0.0423. The summed E-state index contributed by atoms with van der Waals surface area (Å²) in [5.41, 5.74) is 2.83. The summed E-state index contributed by atoms with van der Waals surface area (Å²) in [4.78, 5) is 27.6. The number of anilines is 2. The molecule has 7 heteroatoms. The van der Waals surface area contributed by atoms with Crippen molar-refractivity contribution in [2.75, 3.05) is 30.4 Å². The topological polar surface area (TPSA) is 78.7 Å². The smallest absolute Gasteiger partial charge is 0.271 e. The number of nitro benzene ring substituents is 1. The Morgan fingerprint density at radius 3 is 2.62 bits per heavy atom. The number of carbonyl (C=O) groups is 1. The van der Waals surface area contributed by atoms with Crippen LogP contribution in [-0.2, 0) is 11.3 Å². The standard InChI is InChI=1S/C22H28N4O3/c1-17(22(27)23-19-10-8-11-20(15-19)26(28)29)24(2)16-18-9-4-5-12-21(18)25-13-6-3-7-14-25/h4-5,8-12,15,17H,3,6-7,13-14,16H2,1-2H3,(H,23,27)/t17-/m1/s1. The Bertz CT molecular complexity index is 865. The van der Waals surface area contributed by atoms with E-state index < -0.39 is 4.92 Å². The van der Waals surface area contributed by atoms with Crippen LogP contribution in [0.4, 0.5) is 17.1 Å². The van der Waals surface area contributed by atoms with E-state index in [0.29, 0.717) is 12.2 Å². The number of amides is 1. The second-order valence-corrected chi connectivity index (χ2v) is 7.56. The highest BCUT2D eigenvalue weighted by atomic mass is 16.6. The lowest BCUT2D eigenvalue weighted by molar-refractivity contribution is -0.384. The third-order valence-corrected chi connectivity index (χ3v) is 5.47. The Labute approximate surface area is 171 Å². The van der Waals surface area contributed by atoms with Crippen molar-refractivity contribution < 1.29 is 9.72 Å². The summed E-state index contributed by atoms with van der Waals surface area (Å²) in [6.07, 6.45) is 3.71. The van der Waals surface area contributed by atoms with Gasteiger partial charge in [0.1, 0.15) is 0 Å².